The van der Waals surface area contributed by atoms with E-state index in [1.165, 1.54) is 24.2 Å². The molecular formula is C15H21N2+. The Labute approximate surface area is 104 Å². The van der Waals surface area contributed by atoms with E-state index >= 15 is 0 Å². The van der Waals surface area contributed by atoms with Crippen LogP contribution in [0.25, 0.3) is 11.4 Å². The molecule has 1 aromatic heterocycles. The molecule has 2 aromatic rings. The minimum Gasteiger partial charge on any atom is -0.230 e. The molecule has 0 bridgehead atoms. The lowest BCUT2D eigenvalue weighted by Crippen LogP contribution is -2.34. The van der Waals surface area contributed by atoms with Crippen LogP contribution in [0.15, 0.2) is 42.7 Å². The number of hydrogen-bond donors (Lipinski definition) is 0. The molecule has 0 saturated carbocycles. The van der Waals surface area contributed by atoms with Crippen LogP contribution >= 0.6 is 0 Å². The number of hydrogen-bond acceptors (Lipinski definition) is 0. The number of unbranched alkanes of at least 4 members (excludes halogenated alkanes) is 1. The molecule has 0 aliphatic rings. The number of nitrogens with zero attached hydrogens (tertiary/aromatic N) is 2. The zero-order valence-corrected chi connectivity index (χ0v) is 10.8. The predicted molar refractivity (Wildman–Crippen MR) is 70.6 cm³/mol. The van der Waals surface area contributed by atoms with Gasteiger partial charge in [-0.15, -0.1) is 0 Å². The molecular weight excluding hydrogens is 208 g/mol. The summed E-state index contributed by atoms with van der Waals surface area (Å²) in [4.78, 5) is 0. The van der Waals surface area contributed by atoms with Gasteiger partial charge in [0.15, 0.2) is 0 Å². The first-order chi connectivity index (χ1) is 8.36. The Kier molecular flexibility index (Phi) is 3.97. The van der Waals surface area contributed by atoms with E-state index in [0.717, 1.165) is 13.1 Å². The molecule has 0 aliphatic heterocycles. The van der Waals surface area contributed by atoms with E-state index in [-0.39, 0.29) is 0 Å². The number of benzene rings is 1. The van der Waals surface area contributed by atoms with Gasteiger partial charge in [-0.05, 0) is 25.5 Å². The fourth-order valence-electron chi connectivity index (χ4n) is 2.15. The van der Waals surface area contributed by atoms with E-state index in [1.54, 1.807) is 0 Å². The van der Waals surface area contributed by atoms with Gasteiger partial charge in [0.1, 0.15) is 12.4 Å². The number of imidazole rings is 1. The number of rotatable bonds is 5. The van der Waals surface area contributed by atoms with Crippen molar-refractivity contribution in [3.63, 3.8) is 0 Å². The third kappa shape index (κ3) is 2.57. The lowest BCUT2D eigenvalue weighted by molar-refractivity contribution is -0.685. The first-order valence-corrected chi connectivity index (χ1v) is 6.50. The first-order valence-electron chi connectivity index (χ1n) is 6.50. The van der Waals surface area contributed by atoms with Gasteiger partial charge in [-0.25, -0.2) is 9.13 Å². The second kappa shape index (κ2) is 5.67. The first kappa shape index (κ1) is 11.9. The summed E-state index contributed by atoms with van der Waals surface area (Å²) in [5.41, 5.74) is 1.30. The molecule has 0 spiro atoms. The zero-order chi connectivity index (χ0) is 12.1. The molecule has 0 radical (unpaired) electrons. The molecule has 17 heavy (non-hydrogen) atoms. The second-order valence-electron chi connectivity index (χ2n) is 4.32. The van der Waals surface area contributed by atoms with E-state index in [0.29, 0.717) is 0 Å². The van der Waals surface area contributed by atoms with Crippen molar-refractivity contribution in [3.05, 3.63) is 42.7 Å². The largest absolute Gasteiger partial charge is 0.288 e. The summed E-state index contributed by atoms with van der Waals surface area (Å²) in [7, 11) is 0. The SMILES string of the molecule is CCCC[n+]1ccn(CC)c1-c1ccccc1. The van der Waals surface area contributed by atoms with Gasteiger partial charge in [-0.2, -0.15) is 0 Å². The van der Waals surface area contributed by atoms with Crippen LogP contribution in [-0.4, -0.2) is 4.57 Å². The molecule has 1 aromatic carbocycles. The van der Waals surface area contributed by atoms with Crippen LogP contribution in [0.1, 0.15) is 26.7 Å². The molecule has 0 unspecified atom stereocenters. The van der Waals surface area contributed by atoms with Crippen LogP contribution < -0.4 is 4.57 Å². The molecule has 90 valence electrons. The molecule has 0 fully saturated rings. The van der Waals surface area contributed by atoms with Gasteiger partial charge in [0, 0.05) is 0 Å². The van der Waals surface area contributed by atoms with Gasteiger partial charge in [0.05, 0.1) is 18.7 Å². The predicted octanol–water partition coefficient (Wildman–Crippen LogP) is 3.26. The Hall–Kier alpha value is -1.57. The van der Waals surface area contributed by atoms with E-state index in [1.807, 2.05) is 0 Å². The van der Waals surface area contributed by atoms with Crippen LogP contribution in [0, 0.1) is 0 Å². The van der Waals surface area contributed by atoms with Gasteiger partial charge in [0.2, 0.25) is 0 Å². The topological polar surface area (TPSA) is 8.81 Å². The summed E-state index contributed by atoms with van der Waals surface area (Å²) in [6.07, 6.45) is 6.84. The standard InChI is InChI=1S/C15H21N2/c1-3-5-11-17-13-12-16(4-2)15(17)14-9-7-6-8-10-14/h6-10,12-13H,3-5,11H2,1-2H3/q+1. The maximum absolute atomic E-state index is 2.36. The van der Waals surface area contributed by atoms with Crippen molar-refractivity contribution in [2.45, 2.75) is 39.8 Å². The van der Waals surface area contributed by atoms with Crippen LogP contribution in [-0.2, 0) is 13.1 Å². The molecule has 0 atom stereocenters. The molecule has 2 nitrogen and oxygen atoms in total. The van der Waals surface area contributed by atoms with Gasteiger partial charge in [-0.1, -0.05) is 31.5 Å². The fourth-order valence-corrected chi connectivity index (χ4v) is 2.15. The van der Waals surface area contributed by atoms with E-state index in [9.17, 15) is 0 Å². The molecule has 2 heteroatoms. The van der Waals surface area contributed by atoms with Crippen LogP contribution in [0.3, 0.4) is 0 Å². The average molecular weight is 229 g/mol. The smallest absolute Gasteiger partial charge is 0.230 e. The van der Waals surface area contributed by atoms with Crippen molar-refractivity contribution in [1.29, 1.82) is 0 Å². The summed E-state index contributed by atoms with van der Waals surface area (Å²) in [5, 5.41) is 0. The highest BCUT2D eigenvalue weighted by molar-refractivity contribution is 5.52. The second-order valence-corrected chi connectivity index (χ2v) is 4.32. The van der Waals surface area contributed by atoms with Crippen LogP contribution in [0.2, 0.25) is 0 Å². The summed E-state index contributed by atoms with van der Waals surface area (Å²) in [6.45, 7) is 6.55. The Morgan fingerprint density at radius 1 is 1.12 bits per heavy atom. The maximum Gasteiger partial charge on any atom is 0.288 e. The van der Waals surface area contributed by atoms with Crippen molar-refractivity contribution in [1.82, 2.24) is 4.57 Å². The number of aromatic nitrogens is 2. The van der Waals surface area contributed by atoms with Crippen molar-refractivity contribution >= 4 is 0 Å². The van der Waals surface area contributed by atoms with Crippen LogP contribution in [0.4, 0.5) is 0 Å². The van der Waals surface area contributed by atoms with Gasteiger partial charge in [0.25, 0.3) is 5.82 Å². The maximum atomic E-state index is 2.36. The average Bonchev–Trinajstić information content (AvgIpc) is 2.80. The molecule has 1 heterocycles. The minimum absolute atomic E-state index is 1.02. The van der Waals surface area contributed by atoms with E-state index in [4.69, 9.17) is 0 Å². The minimum atomic E-state index is 1.02. The normalized spacial score (nSPS) is 10.7. The van der Waals surface area contributed by atoms with Gasteiger partial charge in [-0.3, -0.25) is 0 Å². The molecule has 0 amide bonds. The fraction of sp³-hybridized carbons (Fsp3) is 0.400. The van der Waals surface area contributed by atoms with Crippen LogP contribution in [0.5, 0.6) is 0 Å². The highest BCUT2D eigenvalue weighted by atomic mass is 15.1. The van der Waals surface area contributed by atoms with Gasteiger partial charge >= 0.3 is 0 Å². The monoisotopic (exact) mass is 229 g/mol. The Morgan fingerprint density at radius 3 is 2.53 bits per heavy atom. The lowest BCUT2D eigenvalue weighted by atomic mass is 10.2. The van der Waals surface area contributed by atoms with Gasteiger partial charge < -0.3 is 0 Å². The molecule has 2 rings (SSSR count). The van der Waals surface area contributed by atoms with Crippen molar-refractivity contribution < 1.29 is 4.57 Å². The molecule has 0 N–H and O–H groups in total. The third-order valence-electron chi connectivity index (χ3n) is 3.10. The Bertz CT molecular complexity index is 457. The van der Waals surface area contributed by atoms with Crippen molar-refractivity contribution in [3.8, 4) is 11.4 Å². The summed E-state index contributed by atoms with van der Waals surface area (Å²) in [5.74, 6) is 1.32. The zero-order valence-electron chi connectivity index (χ0n) is 10.8. The Morgan fingerprint density at radius 2 is 1.88 bits per heavy atom. The molecule has 0 saturated heterocycles. The van der Waals surface area contributed by atoms with Crippen molar-refractivity contribution in [2.75, 3.05) is 0 Å². The highest BCUT2D eigenvalue weighted by Gasteiger charge is 2.17. The highest BCUT2D eigenvalue weighted by Crippen LogP contribution is 2.15. The summed E-state index contributed by atoms with van der Waals surface area (Å²) >= 11 is 0. The summed E-state index contributed by atoms with van der Waals surface area (Å²) in [6, 6.07) is 10.6. The molecule has 0 aliphatic carbocycles. The Balaban J connectivity index is 2.39. The van der Waals surface area contributed by atoms with E-state index in [2.05, 4.69) is 65.7 Å². The number of aryl methyl sites for hydroxylation is 2. The third-order valence-corrected chi connectivity index (χ3v) is 3.10. The lowest BCUT2D eigenvalue weighted by Gasteiger charge is -2.03. The van der Waals surface area contributed by atoms with Crippen molar-refractivity contribution in [2.24, 2.45) is 0 Å². The quantitative estimate of drug-likeness (QED) is 0.696. The van der Waals surface area contributed by atoms with E-state index < -0.39 is 0 Å². The summed E-state index contributed by atoms with van der Waals surface area (Å²) < 4.78 is 4.67.